The molecule has 0 aromatic heterocycles. The van der Waals surface area contributed by atoms with E-state index < -0.39 is 11.2 Å². The van der Waals surface area contributed by atoms with Crippen molar-refractivity contribution in [3.8, 4) is 0 Å². The Bertz CT molecular complexity index is 1110. The molecular formula is C27H28F2N2O3. The Balaban J connectivity index is 1.40. The second kappa shape index (κ2) is 8.93. The van der Waals surface area contributed by atoms with Crippen LogP contribution in [0.25, 0.3) is 0 Å². The SMILES string of the molecule is O=C(C[C@]1(c2cccc(F)c2)CC(=O)N(C2CCCC2)C1=O)N1CCC(c2ccc(F)cc2)C1. The quantitative estimate of drug-likeness (QED) is 0.617. The second-order valence-corrected chi connectivity index (χ2v) is 9.83. The zero-order valence-electron chi connectivity index (χ0n) is 19.0. The molecule has 3 amide bonds. The maximum absolute atomic E-state index is 14.2. The van der Waals surface area contributed by atoms with Crippen molar-refractivity contribution in [2.75, 3.05) is 13.1 Å². The van der Waals surface area contributed by atoms with Gasteiger partial charge in [-0.25, -0.2) is 8.78 Å². The maximum Gasteiger partial charge on any atom is 0.241 e. The zero-order valence-corrected chi connectivity index (χ0v) is 19.0. The van der Waals surface area contributed by atoms with Crippen LogP contribution in [-0.4, -0.2) is 46.7 Å². The molecule has 2 aromatic rings. The van der Waals surface area contributed by atoms with Gasteiger partial charge >= 0.3 is 0 Å². The Hall–Kier alpha value is -3.09. The highest BCUT2D eigenvalue weighted by atomic mass is 19.1. The molecule has 2 heterocycles. The molecule has 3 aliphatic rings. The van der Waals surface area contributed by atoms with Crippen molar-refractivity contribution in [3.63, 3.8) is 0 Å². The number of nitrogens with zero attached hydrogens (tertiary/aromatic N) is 2. The van der Waals surface area contributed by atoms with Crippen molar-refractivity contribution in [2.24, 2.45) is 0 Å². The van der Waals surface area contributed by atoms with E-state index >= 15 is 0 Å². The lowest BCUT2D eigenvalue weighted by molar-refractivity contribution is -0.144. The summed E-state index contributed by atoms with van der Waals surface area (Å²) in [6.45, 7) is 0.993. The molecule has 2 saturated heterocycles. The summed E-state index contributed by atoms with van der Waals surface area (Å²) in [5, 5.41) is 0. The van der Waals surface area contributed by atoms with E-state index in [0.717, 1.165) is 37.7 Å². The first-order valence-corrected chi connectivity index (χ1v) is 12.0. The van der Waals surface area contributed by atoms with Gasteiger partial charge in [0.15, 0.2) is 0 Å². The van der Waals surface area contributed by atoms with Crippen LogP contribution in [0.1, 0.15) is 62.0 Å². The van der Waals surface area contributed by atoms with Crippen LogP contribution >= 0.6 is 0 Å². The van der Waals surface area contributed by atoms with Gasteiger partial charge in [0.25, 0.3) is 0 Å². The van der Waals surface area contributed by atoms with E-state index in [-0.39, 0.29) is 48.3 Å². The van der Waals surface area contributed by atoms with Crippen LogP contribution in [0.5, 0.6) is 0 Å². The van der Waals surface area contributed by atoms with Crippen LogP contribution in [0.3, 0.4) is 0 Å². The number of amides is 3. The van der Waals surface area contributed by atoms with Crippen molar-refractivity contribution >= 4 is 17.7 Å². The third-order valence-electron chi connectivity index (χ3n) is 7.75. The lowest BCUT2D eigenvalue weighted by Crippen LogP contribution is -2.45. The summed E-state index contributed by atoms with van der Waals surface area (Å²) < 4.78 is 27.5. The Morgan fingerprint density at radius 2 is 1.71 bits per heavy atom. The van der Waals surface area contributed by atoms with Gasteiger partial charge in [-0.1, -0.05) is 37.1 Å². The fraction of sp³-hybridized carbons (Fsp3) is 0.444. The molecule has 5 rings (SSSR count). The first-order chi connectivity index (χ1) is 16.4. The van der Waals surface area contributed by atoms with E-state index in [1.54, 1.807) is 23.1 Å². The van der Waals surface area contributed by atoms with Crippen LogP contribution < -0.4 is 0 Å². The summed E-state index contributed by atoms with van der Waals surface area (Å²) >= 11 is 0. The number of carbonyl (C=O) groups is 3. The number of carbonyl (C=O) groups excluding carboxylic acids is 3. The van der Waals surface area contributed by atoms with Crippen LogP contribution in [0.2, 0.25) is 0 Å². The van der Waals surface area contributed by atoms with Crippen LogP contribution in [0.4, 0.5) is 8.78 Å². The van der Waals surface area contributed by atoms with Crippen molar-refractivity contribution in [2.45, 2.75) is 62.3 Å². The lowest BCUT2D eigenvalue weighted by atomic mass is 9.75. The van der Waals surface area contributed by atoms with Crippen molar-refractivity contribution in [1.82, 2.24) is 9.80 Å². The van der Waals surface area contributed by atoms with Gasteiger partial charge in [0, 0.05) is 37.9 Å². The minimum atomic E-state index is -1.38. The van der Waals surface area contributed by atoms with Crippen molar-refractivity contribution < 1.29 is 23.2 Å². The summed E-state index contributed by atoms with van der Waals surface area (Å²) in [6, 6.07) is 11.9. The highest BCUT2D eigenvalue weighted by molar-refractivity contribution is 6.11. The van der Waals surface area contributed by atoms with Crippen LogP contribution in [-0.2, 0) is 19.8 Å². The lowest BCUT2D eigenvalue weighted by Gasteiger charge is -2.30. The topological polar surface area (TPSA) is 57.7 Å². The van der Waals surface area contributed by atoms with Crippen molar-refractivity contribution in [1.29, 1.82) is 0 Å². The van der Waals surface area contributed by atoms with Gasteiger partial charge in [0.2, 0.25) is 17.7 Å². The van der Waals surface area contributed by atoms with Gasteiger partial charge in [-0.2, -0.15) is 0 Å². The molecule has 2 atom stereocenters. The predicted molar refractivity (Wildman–Crippen MR) is 122 cm³/mol. The summed E-state index contributed by atoms with van der Waals surface area (Å²) in [7, 11) is 0. The molecule has 0 N–H and O–H groups in total. The molecule has 5 nitrogen and oxygen atoms in total. The van der Waals surface area contributed by atoms with E-state index in [0.29, 0.717) is 18.7 Å². The summed E-state index contributed by atoms with van der Waals surface area (Å²) in [6.07, 6.45) is 3.93. The van der Waals surface area contributed by atoms with Gasteiger partial charge in [-0.3, -0.25) is 19.3 Å². The fourth-order valence-corrected chi connectivity index (χ4v) is 5.91. The largest absolute Gasteiger partial charge is 0.342 e. The number of imide groups is 1. The normalized spacial score (nSPS) is 25.5. The molecule has 3 fully saturated rings. The predicted octanol–water partition coefficient (Wildman–Crippen LogP) is 4.31. The third-order valence-corrected chi connectivity index (χ3v) is 7.75. The third kappa shape index (κ3) is 4.01. The summed E-state index contributed by atoms with van der Waals surface area (Å²) in [5.41, 5.74) is -0.0302. The maximum atomic E-state index is 14.2. The number of halogens is 2. The van der Waals surface area contributed by atoms with E-state index in [1.807, 2.05) is 0 Å². The van der Waals surface area contributed by atoms with E-state index in [1.165, 1.54) is 35.2 Å². The molecule has 1 saturated carbocycles. The highest BCUT2D eigenvalue weighted by Gasteiger charge is 2.56. The number of hydrogen-bond acceptors (Lipinski definition) is 3. The molecule has 1 aliphatic carbocycles. The minimum absolute atomic E-state index is 0.0885. The molecule has 0 bridgehead atoms. The van der Waals surface area contributed by atoms with E-state index in [2.05, 4.69) is 0 Å². The molecule has 34 heavy (non-hydrogen) atoms. The number of likely N-dealkylation sites (tertiary alicyclic amines) is 2. The average molecular weight is 467 g/mol. The van der Waals surface area contributed by atoms with Gasteiger partial charge in [0.1, 0.15) is 11.6 Å². The van der Waals surface area contributed by atoms with Crippen molar-refractivity contribution in [3.05, 3.63) is 71.3 Å². The molecule has 0 spiro atoms. The van der Waals surface area contributed by atoms with Crippen LogP contribution in [0.15, 0.2) is 48.5 Å². The molecular weight excluding hydrogens is 438 g/mol. The molecule has 2 aliphatic heterocycles. The van der Waals surface area contributed by atoms with E-state index in [4.69, 9.17) is 0 Å². The molecule has 178 valence electrons. The second-order valence-electron chi connectivity index (χ2n) is 9.83. The summed E-state index contributed by atoms with van der Waals surface area (Å²) in [4.78, 5) is 43.4. The molecule has 1 unspecified atom stereocenters. The van der Waals surface area contributed by atoms with Gasteiger partial charge < -0.3 is 4.90 Å². The Labute approximate surface area is 197 Å². The summed E-state index contributed by atoms with van der Waals surface area (Å²) in [5.74, 6) is -1.59. The molecule has 2 aromatic carbocycles. The first kappa shape index (κ1) is 22.7. The standard InChI is InChI=1S/C27H28F2N2O3/c28-21-10-8-18(9-11-21)19-12-13-30(17-19)24(32)15-27(20-4-3-5-22(29)14-20)16-25(33)31(26(27)34)23-6-1-2-7-23/h3-5,8-11,14,19,23H,1-2,6-7,12-13,15-17H2/t19?,27-/m1/s1. The Morgan fingerprint density at radius 1 is 0.971 bits per heavy atom. The van der Waals surface area contributed by atoms with Crippen LogP contribution in [0, 0.1) is 11.6 Å². The molecule has 0 radical (unpaired) electrons. The number of rotatable bonds is 5. The van der Waals surface area contributed by atoms with Gasteiger partial charge in [-0.05, 0) is 54.7 Å². The van der Waals surface area contributed by atoms with E-state index in [9.17, 15) is 23.2 Å². The fourth-order valence-electron chi connectivity index (χ4n) is 5.91. The average Bonchev–Trinajstić information content (AvgIpc) is 3.55. The Kier molecular flexibility index (Phi) is 5.96. The monoisotopic (exact) mass is 466 g/mol. The first-order valence-electron chi connectivity index (χ1n) is 12.0. The smallest absolute Gasteiger partial charge is 0.241 e. The minimum Gasteiger partial charge on any atom is -0.342 e. The van der Waals surface area contributed by atoms with Gasteiger partial charge in [0.05, 0.1) is 5.41 Å². The van der Waals surface area contributed by atoms with Gasteiger partial charge in [-0.15, -0.1) is 0 Å². The highest BCUT2D eigenvalue weighted by Crippen LogP contribution is 2.43. The Morgan fingerprint density at radius 3 is 2.41 bits per heavy atom. The zero-order chi connectivity index (χ0) is 23.9. The molecule has 7 heteroatoms. The number of benzene rings is 2. The number of hydrogen-bond donors (Lipinski definition) is 0.